The molecule has 2 aromatic carbocycles. The van der Waals surface area contributed by atoms with Gasteiger partial charge in [0, 0.05) is 13.0 Å². The van der Waals surface area contributed by atoms with Crippen LogP contribution in [0.1, 0.15) is 11.1 Å². The number of rotatable bonds is 4. The Balaban J connectivity index is 1.65. The zero-order valence-electron chi connectivity index (χ0n) is 11.7. The van der Waals surface area contributed by atoms with Crippen LogP contribution >= 0.6 is 0 Å². The Morgan fingerprint density at radius 3 is 2.59 bits per heavy atom. The van der Waals surface area contributed by atoms with E-state index in [0.29, 0.717) is 12.0 Å². The summed E-state index contributed by atoms with van der Waals surface area (Å²) in [5.41, 5.74) is 1.51. The molecule has 0 saturated carbocycles. The van der Waals surface area contributed by atoms with Gasteiger partial charge in [0.25, 0.3) is 0 Å². The number of nitrogens with zero attached hydrogens (tertiary/aromatic N) is 1. The second kappa shape index (κ2) is 5.79. The zero-order valence-corrected chi connectivity index (χ0v) is 12.5. The Kier molecular flexibility index (Phi) is 3.84. The standard InChI is InChI=1S/C16H14N2O3S/c17-10-12-5-7-15(8-6-12)22(19,20)18-11-14-9-13-3-1-2-4-16(13)21-14/h1-8,14,18H,9,11H2. The molecule has 0 aromatic heterocycles. The van der Waals surface area contributed by atoms with E-state index in [2.05, 4.69) is 4.72 Å². The molecule has 1 heterocycles. The van der Waals surface area contributed by atoms with Gasteiger partial charge in [-0.25, -0.2) is 13.1 Å². The van der Waals surface area contributed by atoms with Crippen LogP contribution in [0.15, 0.2) is 53.4 Å². The van der Waals surface area contributed by atoms with Gasteiger partial charge in [-0.05, 0) is 35.9 Å². The van der Waals surface area contributed by atoms with E-state index in [4.69, 9.17) is 10.00 Å². The Bertz CT molecular complexity index is 798. The molecule has 0 amide bonds. The number of nitriles is 1. The average molecular weight is 314 g/mol. The minimum Gasteiger partial charge on any atom is -0.488 e. The van der Waals surface area contributed by atoms with Crippen molar-refractivity contribution in [2.45, 2.75) is 17.4 Å². The first kappa shape index (κ1) is 14.6. The van der Waals surface area contributed by atoms with Crippen LogP contribution in [0.25, 0.3) is 0 Å². The van der Waals surface area contributed by atoms with Crippen molar-refractivity contribution in [1.82, 2.24) is 4.72 Å². The average Bonchev–Trinajstić information content (AvgIpc) is 2.96. The number of sulfonamides is 1. The molecule has 112 valence electrons. The molecule has 1 N–H and O–H groups in total. The van der Waals surface area contributed by atoms with Gasteiger partial charge < -0.3 is 4.74 Å². The molecule has 0 saturated heterocycles. The number of hydrogen-bond donors (Lipinski definition) is 1. The third kappa shape index (κ3) is 2.96. The normalized spacial score (nSPS) is 16.6. The Morgan fingerprint density at radius 1 is 1.18 bits per heavy atom. The van der Waals surface area contributed by atoms with Crippen molar-refractivity contribution in [3.63, 3.8) is 0 Å². The van der Waals surface area contributed by atoms with Crippen molar-refractivity contribution in [3.8, 4) is 11.8 Å². The molecule has 6 heteroatoms. The van der Waals surface area contributed by atoms with Crippen molar-refractivity contribution in [3.05, 3.63) is 59.7 Å². The van der Waals surface area contributed by atoms with E-state index in [-0.39, 0.29) is 17.5 Å². The van der Waals surface area contributed by atoms with Gasteiger partial charge in [0.15, 0.2) is 0 Å². The molecule has 1 atom stereocenters. The van der Waals surface area contributed by atoms with E-state index in [1.165, 1.54) is 24.3 Å². The number of benzene rings is 2. The number of para-hydroxylation sites is 1. The van der Waals surface area contributed by atoms with Crippen LogP contribution < -0.4 is 9.46 Å². The molecule has 1 aliphatic rings. The van der Waals surface area contributed by atoms with Gasteiger partial charge in [0.1, 0.15) is 11.9 Å². The number of hydrogen-bond acceptors (Lipinski definition) is 4. The van der Waals surface area contributed by atoms with Crippen LogP contribution in [-0.4, -0.2) is 21.1 Å². The molecule has 5 nitrogen and oxygen atoms in total. The van der Waals surface area contributed by atoms with Gasteiger partial charge in [-0.15, -0.1) is 0 Å². The van der Waals surface area contributed by atoms with E-state index in [9.17, 15) is 8.42 Å². The molecule has 1 unspecified atom stereocenters. The molecule has 3 rings (SSSR count). The van der Waals surface area contributed by atoms with Crippen LogP contribution in [0.2, 0.25) is 0 Å². The smallest absolute Gasteiger partial charge is 0.240 e. The lowest BCUT2D eigenvalue weighted by molar-refractivity contribution is 0.236. The summed E-state index contributed by atoms with van der Waals surface area (Å²) >= 11 is 0. The second-order valence-electron chi connectivity index (χ2n) is 5.04. The second-order valence-corrected chi connectivity index (χ2v) is 6.81. The summed E-state index contributed by atoms with van der Waals surface area (Å²) in [5, 5.41) is 8.73. The van der Waals surface area contributed by atoms with Crippen LogP contribution in [0.4, 0.5) is 0 Å². The van der Waals surface area contributed by atoms with Gasteiger partial charge in [-0.2, -0.15) is 5.26 Å². The fraction of sp³-hybridized carbons (Fsp3) is 0.188. The number of ether oxygens (including phenoxy) is 1. The number of nitrogens with one attached hydrogen (secondary N) is 1. The van der Waals surface area contributed by atoms with Gasteiger partial charge >= 0.3 is 0 Å². The molecule has 0 fully saturated rings. The minimum absolute atomic E-state index is 0.141. The van der Waals surface area contributed by atoms with Gasteiger partial charge in [-0.1, -0.05) is 18.2 Å². The monoisotopic (exact) mass is 314 g/mol. The third-order valence-electron chi connectivity index (χ3n) is 3.51. The first-order chi connectivity index (χ1) is 10.6. The van der Waals surface area contributed by atoms with Crippen molar-refractivity contribution in [1.29, 1.82) is 5.26 Å². The SMILES string of the molecule is N#Cc1ccc(S(=O)(=O)NCC2Cc3ccccc3O2)cc1. The molecule has 0 aliphatic carbocycles. The molecule has 0 radical (unpaired) electrons. The molecule has 22 heavy (non-hydrogen) atoms. The van der Waals surface area contributed by atoms with E-state index >= 15 is 0 Å². The maximum Gasteiger partial charge on any atom is 0.240 e. The molecule has 0 bridgehead atoms. The Hall–Kier alpha value is -2.36. The summed E-state index contributed by atoms with van der Waals surface area (Å²) in [6.45, 7) is 0.205. The van der Waals surface area contributed by atoms with Crippen molar-refractivity contribution < 1.29 is 13.2 Å². The lowest BCUT2D eigenvalue weighted by Gasteiger charge is -2.12. The fourth-order valence-electron chi connectivity index (χ4n) is 2.36. The highest BCUT2D eigenvalue weighted by Gasteiger charge is 2.24. The lowest BCUT2D eigenvalue weighted by atomic mass is 10.1. The van der Waals surface area contributed by atoms with Gasteiger partial charge in [0.05, 0.1) is 16.5 Å². The molecule has 0 spiro atoms. The van der Waals surface area contributed by atoms with Crippen molar-refractivity contribution in [2.24, 2.45) is 0 Å². The minimum atomic E-state index is -3.60. The highest BCUT2D eigenvalue weighted by molar-refractivity contribution is 7.89. The molecule has 2 aromatic rings. The van der Waals surface area contributed by atoms with Crippen LogP contribution in [0, 0.1) is 11.3 Å². The van der Waals surface area contributed by atoms with Crippen LogP contribution in [-0.2, 0) is 16.4 Å². The summed E-state index contributed by atoms with van der Waals surface area (Å²) in [6, 6.07) is 15.4. The van der Waals surface area contributed by atoms with Crippen molar-refractivity contribution in [2.75, 3.05) is 6.54 Å². The molecular weight excluding hydrogens is 300 g/mol. The fourth-order valence-corrected chi connectivity index (χ4v) is 3.43. The summed E-state index contributed by atoms with van der Waals surface area (Å²) in [5.74, 6) is 0.810. The summed E-state index contributed by atoms with van der Waals surface area (Å²) in [4.78, 5) is 0.141. The highest BCUT2D eigenvalue weighted by Crippen LogP contribution is 2.27. The van der Waals surface area contributed by atoms with E-state index < -0.39 is 10.0 Å². The predicted octanol–water partition coefficient (Wildman–Crippen LogP) is 1.84. The van der Waals surface area contributed by atoms with Gasteiger partial charge in [-0.3, -0.25) is 0 Å². The summed E-state index contributed by atoms with van der Waals surface area (Å²) in [7, 11) is -3.60. The first-order valence-corrected chi connectivity index (χ1v) is 8.31. The Labute approximate surface area is 129 Å². The molecular formula is C16H14N2O3S. The first-order valence-electron chi connectivity index (χ1n) is 6.83. The van der Waals surface area contributed by atoms with E-state index in [1.807, 2.05) is 30.3 Å². The third-order valence-corrected chi connectivity index (χ3v) is 4.95. The van der Waals surface area contributed by atoms with Crippen LogP contribution in [0.5, 0.6) is 5.75 Å². The quantitative estimate of drug-likeness (QED) is 0.934. The predicted molar refractivity (Wildman–Crippen MR) is 80.9 cm³/mol. The topological polar surface area (TPSA) is 79.2 Å². The van der Waals surface area contributed by atoms with Crippen LogP contribution in [0.3, 0.4) is 0 Å². The lowest BCUT2D eigenvalue weighted by Crippen LogP contribution is -2.34. The van der Waals surface area contributed by atoms with Gasteiger partial charge in [0.2, 0.25) is 10.0 Å². The number of fused-ring (bicyclic) bond motifs is 1. The summed E-state index contributed by atoms with van der Waals surface area (Å²) in [6.07, 6.45) is 0.483. The maximum atomic E-state index is 12.2. The maximum absolute atomic E-state index is 12.2. The van der Waals surface area contributed by atoms with E-state index in [0.717, 1.165) is 11.3 Å². The highest BCUT2D eigenvalue weighted by atomic mass is 32.2. The summed E-state index contributed by atoms with van der Waals surface area (Å²) < 4.78 is 32.7. The van der Waals surface area contributed by atoms with E-state index in [1.54, 1.807) is 0 Å². The largest absolute Gasteiger partial charge is 0.488 e. The molecule has 1 aliphatic heterocycles. The van der Waals surface area contributed by atoms with Crippen molar-refractivity contribution >= 4 is 10.0 Å². The Morgan fingerprint density at radius 2 is 1.91 bits per heavy atom. The zero-order chi connectivity index (χ0) is 15.6.